The van der Waals surface area contributed by atoms with E-state index in [0.717, 1.165) is 42.0 Å². The molecule has 1 N–H and O–H groups in total. The molecule has 0 spiro atoms. The van der Waals surface area contributed by atoms with Gasteiger partial charge in [-0.2, -0.15) is 0 Å². The minimum atomic E-state index is 0. The third-order valence-corrected chi connectivity index (χ3v) is 5.34. The monoisotopic (exact) mass is 372 g/mol. The highest BCUT2D eigenvalue weighted by Gasteiger charge is 2.31. The van der Waals surface area contributed by atoms with Crippen LogP contribution in [0.2, 0.25) is 0 Å². The van der Waals surface area contributed by atoms with Crippen molar-refractivity contribution in [3.8, 4) is 16.9 Å². The molecule has 2 aliphatic rings. The largest absolute Gasteiger partial charge is 0.496 e. The highest BCUT2D eigenvalue weighted by Crippen LogP contribution is 2.30. The van der Waals surface area contributed by atoms with Gasteiger partial charge in [-0.05, 0) is 43.0 Å². The Morgan fingerprint density at radius 2 is 1.88 bits per heavy atom. The Balaban J connectivity index is 0.00000196. The standard InChI is InChI=1S/C21H24N2O2.ClH/c1-25-20-8-3-2-7-19(20)15-5-4-6-16(13-15)21(24)23-12-11-17-9-10-18(14-23)22-17;/h2-8,13,17-18,22H,9-12,14H2,1H3;1H/t17-,18+;/m1./s1. The molecule has 5 heteroatoms. The molecule has 2 bridgehead atoms. The van der Waals surface area contributed by atoms with Crippen molar-refractivity contribution < 1.29 is 9.53 Å². The van der Waals surface area contributed by atoms with Crippen molar-refractivity contribution in [3.63, 3.8) is 0 Å². The van der Waals surface area contributed by atoms with Crippen LogP contribution in [-0.4, -0.2) is 43.1 Å². The van der Waals surface area contributed by atoms with Crippen LogP contribution in [0.1, 0.15) is 29.6 Å². The van der Waals surface area contributed by atoms with Crippen molar-refractivity contribution in [1.29, 1.82) is 0 Å². The van der Waals surface area contributed by atoms with Crippen molar-refractivity contribution in [2.75, 3.05) is 20.2 Å². The molecule has 2 aromatic rings. The van der Waals surface area contributed by atoms with Crippen LogP contribution in [0.25, 0.3) is 11.1 Å². The summed E-state index contributed by atoms with van der Waals surface area (Å²) in [5.74, 6) is 0.953. The minimum absolute atomic E-state index is 0. The first kappa shape index (κ1) is 18.7. The van der Waals surface area contributed by atoms with Crippen LogP contribution < -0.4 is 10.1 Å². The maximum Gasteiger partial charge on any atom is 0.253 e. The quantitative estimate of drug-likeness (QED) is 0.892. The van der Waals surface area contributed by atoms with Gasteiger partial charge < -0.3 is 15.0 Å². The molecule has 2 atom stereocenters. The molecular weight excluding hydrogens is 348 g/mol. The van der Waals surface area contributed by atoms with E-state index in [-0.39, 0.29) is 18.3 Å². The number of nitrogens with one attached hydrogen (secondary N) is 1. The first-order chi connectivity index (χ1) is 12.2. The summed E-state index contributed by atoms with van der Waals surface area (Å²) >= 11 is 0. The Kier molecular flexibility index (Phi) is 5.84. The number of carbonyl (C=O) groups excluding carboxylic acids is 1. The summed E-state index contributed by atoms with van der Waals surface area (Å²) in [4.78, 5) is 15.0. The van der Waals surface area contributed by atoms with Crippen LogP contribution >= 0.6 is 12.4 Å². The van der Waals surface area contributed by atoms with Crippen LogP contribution in [0.15, 0.2) is 48.5 Å². The van der Waals surface area contributed by atoms with Gasteiger partial charge in [0.25, 0.3) is 5.91 Å². The topological polar surface area (TPSA) is 41.6 Å². The van der Waals surface area contributed by atoms with Gasteiger partial charge in [-0.1, -0.05) is 30.3 Å². The lowest BCUT2D eigenvalue weighted by Crippen LogP contribution is -2.39. The van der Waals surface area contributed by atoms with Gasteiger partial charge in [-0.3, -0.25) is 4.79 Å². The van der Waals surface area contributed by atoms with Gasteiger partial charge in [0, 0.05) is 36.3 Å². The van der Waals surface area contributed by atoms with E-state index in [0.29, 0.717) is 12.1 Å². The zero-order valence-electron chi connectivity index (χ0n) is 15.0. The van der Waals surface area contributed by atoms with E-state index in [9.17, 15) is 4.79 Å². The molecule has 0 unspecified atom stereocenters. The van der Waals surface area contributed by atoms with Crippen LogP contribution in [0.3, 0.4) is 0 Å². The average Bonchev–Trinajstić information content (AvgIpc) is 3.00. The summed E-state index contributed by atoms with van der Waals surface area (Å²) in [6, 6.07) is 16.8. The summed E-state index contributed by atoms with van der Waals surface area (Å²) < 4.78 is 5.46. The summed E-state index contributed by atoms with van der Waals surface area (Å²) in [6.07, 6.45) is 3.47. The molecule has 2 aliphatic heterocycles. The highest BCUT2D eigenvalue weighted by molar-refractivity contribution is 5.95. The Bertz CT molecular complexity index is 780. The molecule has 2 heterocycles. The molecule has 2 fully saturated rings. The van der Waals surface area contributed by atoms with Gasteiger partial charge in [0.2, 0.25) is 0 Å². The lowest BCUT2D eigenvalue weighted by Gasteiger charge is -2.24. The number of fused-ring (bicyclic) bond motifs is 2. The number of para-hydroxylation sites is 1. The Hall–Kier alpha value is -2.04. The summed E-state index contributed by atoms with van der Waals surface area (Å²) in [5.41, 5.74) is 2.77. The number of likely N-dealkylation sites (tertiary alicyclic amines) is 1. The third kappa shape index (κ3) is 3.71. The van der Waals surface area contributed by atoms with Crippen molar-refractivity contribution in [2.45, 2.75) is 31.3 Å². The number of amides is 1. The molecule has 1 amide bonds. The predicted molar refractivity (Wildman–Crippen MR) is 106 cm³/mol. The second-order valence-corrected chi connectivity index (χ2v) is 6.96. The molecule has 138 valence electrons. The Labute approximate surface area is 160 Å². The van der Waals surface area contributed by atoms with Gasteiger partial charge in [0.1, 0.15) is 5.75 Å². The highest BCUT2D eigenvalue weighted by atomic mass is 35.5. The fourth-order valence-corrected chi connectivity index (χ4v) is 4.01. The Morgan fingerprint density at radius 3 is 2.73 bits per heavy atom. The van der Waals surface area contributed by atoms with Gasteiger partial charge in [-0.25, -0.2) is 0 Å². The maximum atomic E-state index is 13.0. The number of rotatable bonds is 3. The second-order valence-electron chi connectivity index (χ2n) is 6.96. The molecule has 4 rings (SSSR count). The molecule has 0 saturated carbocycles. The molecule has 4 nitrogen and oxygen atoms in total. The van der Waals surface area contributed by atoms with Crippen molar-refractivity contribution in [3.05, 3.63) is 54.1 Å². The fraction of sp³-hybridized carbons (Fsp3) is 0.381. The van der Waals surface area contributed by atoms with Crippen molar-refractivity contribution in [1.82, 2.24) is 10.2 Å². The number of halogens is 1. The van der Waals surface area contributed by atoms with E-state index in [1.807, 2.05) is 53.4 Å². The summed E-state index contributed by atoms with van der Waals surface area (Å²) in [5, 5.41) is 3.63. The van der Waals surface area contributed by atoms with Crippen molar-refractivity contribution >= 4 is 18.3 Å². The van der Waals surface area contributed by atoms with Gasteiger partial charge in [0.05, 0.1) is 7.11 Å². The molecular formula is C21H25ClN2O2. The van der Waals surface area contributed by atoms with Gasteiger partial charge in [-0.15, -0.1) is 12.4 Å². The van der Waals surface area contributed by atoms with E-state index in [2.05, 4.69) is 5.32 Å². The number of benzene rings is 2. The van der Waals surface area contributed by atoms with E-state index in [1.54, 1.807) is 7.11 Å². The molecule has 2 aromatic carbocycles. The van der Waals surface area contributed by atoms with E-state index in [4.69, 9.17) is 4.74 Å². The lowest BCUT2D eigenvalue weighted by atomic mass is 10.0. The fourth-order valence-electron chi connectivity index (χ4n) is 4.01. The third-order valence-electron chi connectivity index (χ3n) is 5.34. The molecule has 0 radical (unpaired) electrons. The summed E-state index contributed by atoms with van der Waals surface area (Å²) in [7, 11) is 1.67. The van der Waals surface area contributed by atoms with E-state index in [1.165, 1.54) is 12.8 Å². The first-order valence-electron chi connectivity index (χ1n) is 9.03. The zero-order chi connectivity index (χ0) is 17.2. The molecule has 0 aromatic heterocycles. The number of methoxy groups -OCH3 is 1. The lowest BCUT2D eigenvalue weighted by molar-refractivity contribution is 0.0748. The van der Waals surface area contributed by atoms with Crippen LogP contribution in [0, 0.1) is 0 Å². The second kappa shape index (κ2) is 8.11. The number of ether oxygens (including phenoxy) is 1. The molecule has 0 aliphatic carbocycles. The number of carbonyl (C=O) groups is 1. The van der Waals surface area contributed by atoms with Crippen LogP contribution in [0.5, 0.6) is 5.75 Å². The Morgan fingerprint density at radius 1 is 1.08 bits per heavy atom. The zero-order valence-corrected chi connectivity index (χ0v) is 15.8. The molecule has 26 heavy (non-hydrogen) atoms. The first-order valence-corrected chi connectivity index (χ1v) is 9.03. The van der Waals surface area contributed by atoms with Crippen molar-refractivity contribution in [2.24, 2.45) is 0 Å². The van der Waals surface area contributed by atoms with E-state index < -0.39 is 0 Å². The van der Waals surface area contributed by atoms with Crippen LogP contribution in [0.4, 0.5) is 0 Å². The normalized spacial score (nSPS) is 21.7. The minimum Gasteiger partial charge on any atom is -0.496 e. The smallest absolute Gasteiger partial charge is 0.253 e. The SMILES string of the molecule is COc1ccccc1-c1cccc(C(=O)N2CC[C@H]3CC[C@@H](C2)N3)c1.Cl. The average molecular weight is 373 g/mol. The number of nitrogens with zero attached hydrogens (tertiary/aromatic N) is 1. The predicted octanol–water partition coefficient (Wildman–Crippen LogP) is 3.75. The summed E-state index contributed by atoms with van der Waals surface area (Å²) in [6.45, 7) is 1.65. The maximum absolute atomic E-state index is 13.0. The molecule has 2 saturated heterocycles. The van der Waals surface area contributed by atoms with E-state index >= 15 is 0 Å². The number of hydrogen-bond acceptors (Lipinski definition) is 3. The van der Waals surface area contributed by atoms with Crippen LogP contribution in [-0.2, 0) is 0 Å². The van der Waals surface area contributed by atoms with Gasteiger partial charge in [0.15, 0.2) is 0 Å². The number of hydrogen-bond donors (Lipinski definition) is 1. The van der Waals surface area contributed by atoms with Gasteiger partial charge >= 0.3 is 0 Å².